The van der Waals surface area contributed by atoms with Crippen molar-refractivity contribution in [1.29, 1.82) is 0 Å². The Hall–Kier alpha value is -3.66. The van der Waals surface area contributed by atoms with E-state index in [4.69, 9.17) is 28.4 Å². The molecule has 3 aliphatic rings. The highest BCUT2D eigenvalue weighted by atomic mass is 16.7. The maximum absolute atomic E-state index is 12.1. The molecule has 7 rings (SSSR count). The molecule has 0 amide bonds. The molecule has 0 spiro atoms. The lowest BCUT2D eigenvalue weighted by molar-refractivity contribution is -0.307. The predicted octanol–water partition coefficient (Wildman–Crippen LogP) is 7.20. The maximum Gasteiger partial charge on any atom is 0.184 e. The van der Waals surface area contributed by atoms with Crippen LogP contribution in [0.5, 0.6) is 0 Å². The number of rotatable bonds is 13. The van der Waals surface area contributed by atoms with Crippen molar-refractivity contribution >= 4 is 0 Å². The van der Waals surface area contributed by atoms with E-state index in [1.807, 2.05) is 97.1 Å². The average molecular weight is 663 g/mol. The molecule has 1 aliphatic heterocycles. The van der Waals surface area contributed by atoms with E-state index in [2.05, 4.69) is 36.4 Å². The van der Waals surface area contributed by atoms with Gasteiger partial charge < -0.3 is 33.5 Å². The topological polar surface area (TPSA) is 75.6 Å². The molecule has 4 aromatic rings. The number of fused-ring (bicyclic) bond motifs is 1. The molecule has 1 N–H and O–H groups in total. The van der Waals surface area contributed by atoms with Gasteiger partial charge in [0, 0.05) is 17.4 Å². The fourth-order valence-corrected chi connectivity index (χ4v) is 7.14. The second kappa shape index (κ2) is 16.8. The fraction of sp³-hybridized carbons (Fsp3) is 0.381. The van der Waals surface area contributed by atoms with Crippen LogP contribution in [0.15, 0.2) is 133 Å². The molecule has 7 heteroatoms. The van der Waals surface area contributed by atoms with Gasteiger partial charge >= 0.3 is 0 Å². The molecular weight excluding hydrogens is 616 g/mol. The van der Waals surface area contributed by atoms with Crippen LogP contribution in [0.2, 0.25) is 0 Å². The molecule has 1 saturated heterocycles. The lowest BCUT2D eigenvalue weighted by Crippen LogP contribution is -2.60. The number of ether oxygens (including phenoxy) is 6. The van der Waals surface area contributed by atoms with Crippen molar-refractivity contribution in [2.24, 2.45) is 11.8 Å². The van der Waals surface area contributed by atoms with Crippen LogP contribution in [0.1, 0.15) is 41.4 Å². The molecule has 1 saturated carbocycles. The average Bonchev–Trinajstić information content (AvgIpc) is 3.16. The van der Waals surface area contributed by atoms with Crippen LogP contribution in [0.3, 0.4) is 0 Å². The van der Waals surface area contributed by atoms with E-state index >= 15 is 0 Å². The van der Waals surface area contributed by atoms with Crippen molar-refractivity contribution < 1.29 is 33.5 Å². The normalized spacial score (nSPS) is 29.7. The number of allylic oxidation sites excluding steroid dienone is 1. The second-order valence-corrected chi connectivity index (χ2v) is 13.2. The minimum Gasteiger partial charge on any atom is -0.388 e. The van der Waals surface area contributed by atoms with Crippen molar-refractivity contribution in [1.82, 2.24) is 0 Å². The van der Waals surface area contributed by atoms with Gasteiger partial charge in [-0.05, 0) is 29.5 Å². The summed E-state index contributed by atoms with van der Waals surface area (Å²) >= 11 is 0. The van der Waals surface area contributed by atoms with E-state index in [-0.39, 0.29) is 30.1 Å². The molecule has 4 aromatic carbocycles. The number of aliphatic hydroxyl groups excluding tert-OH is 1. The first-order valence-electron chi connectivity index (χ1n) is 17.5. The highest BCUT2D eigenvalue weighted by Gasteiger charge is 2.51. The van der Waals surface area contributed by atoms with Gasteiger partial charge in [0.15, 0.2) is 6.29 Å². The van der Waals surface area contributed by atoms with E-state index in [0.717, 1.165) is 28.7 Å². The van der Waals surface area contributed by atoms with Gasteiger partial charge in [0.05, 0.1) is 51.3 Å². The highest BCUT2D eigenvalue weighted by Crippen LogP contribution is 2.41. The Kier molecular flexibility index (Phi) is 11.6. The lowest BCUT2D eigenvalue weighted by Gasteiger charge is -2.49. The highest BCUT2D eigenvalue weighted by molar-refractivity contribution is 5.18. The van der Waals surface area contributed by atoms with Crippen LogP contribution in [0.4, 0.5) is 0 Å². The molecule has 2 fully saturated rings. The minimum atomic E-state index is -0.925. The zero-order valence-electron chi connectivity index (χ0n) is 27.7. The molecule has 49 heavy (non-hydrogen) atoms. The van der Waals surface area contributed by atoms with E-state index in [1.165, 1.54) is 0 Å². The van der Waals surface area contributed by atoms with E-state index in [1.54, 1.807) is 0 Å². The standard InChI is InChI=1S/C42H46O7/c43-38-37(24-35-29-47-42(33-20-11-4-12-21-33)49-40(35)41(38)46-27-32-18-9-3-10-19-32)48-39-34(28-44-25-30-14-5-1-6-15-30)22-13-23-36(39)45-26-31-16-7-2-8-17-31/h1-21,23,34-43H,22,24-29H2/t34-,35-,36-,37+,38+,39-,40-,41-,42?/m1/s1. The predicted molar refractivity (Wildman–Crippen MR) is 186 cm³/mol. The van der Waals surface area contributed by atoms with E-state index in [9.17, 15) is 5.11 Å². The first kappa shape index (κ1) is 33.8. The minimum absolute atomic E-state index is 0.0234. The summed E-state index contributed by atoms with van der Waals surface area (Å²) in [7, 11) is 0. The number of aliphatic hydroxyl groups is 1. The van der Waals surface area contributed by atoms with Gasteiger partial charge in [0.1, 0.15) is 18.3 Å². The van der Waals surface area contributed by atoms with Gasteiger partial charge in [-0.1, -0.05) is 133 Å². The Morgan fingerprint density at radius 2 is 1.27 bits per heavy atom. The zero-order valence-corrected chi connectivity index (χ0v) is 27.7. The van der Waals surface area contributed by atoms with Gasteiger partial charge in [0.25, 0.3) is 0 Å². The summed E-state index contributed by atoms with van der Waals surface area (Å²) in [4.78, 5) is 0. The van der Waals surface area contributed by atoms with Crippen molar-refractivity contribution in [2.75, 3.05) is 13.2 Å². The number of hydrogen-bond donors (Lipinski definition) is 1. The van der Waals surface area contributed by atoms with Gasteiger partial charge in [0.2, 0.25) is 0 Å². The van der Waals surface area contributed by atoms with Crippen molar-refractivity contribution in [3.05, 3.63) is 156 Å². The zero-order chi connectivity index (χ0) is 33.3. The van der Waals surface area contributed by atoms with Gasteiger partial charge in [-0.2, -0.15) is 0 Å². The molecule has 0 aromatic heterocycles. The lowest BCUT2D eigenvalue weighted by atomic mass is 9.79. The molecule has 9 atom stereocenters. The summed E-state index contributed by atoms with van der Waals surface area (Å²) < 4.78 is 39.2. The number of hydrogen-bond acceptors (Lipinski definition) is 7. The molecule has 1 unspecified atom stereocenters. The summed E-state index contributed by atoms with van der Waals surface area (Å²) in [6.07, 6.45) is 2.03. The first-order valence-corrected chi connectivity index (χ1v) is 17.5. The Labute approximate surface area is 289 Å². The molecule has 1 heterocycles. The SMILES string of the molecule is O[C@@H]1[C@@H](OCc2ccccc2)[C@@H]2OC(c3ccccc3)OC[C@H]2C[C@@H]1O[C@@H]1[C@@H](COCc2ccccc2)CC=C[C@H]1OCc1ccccc1. The van der Waals surface area contributed by atoms with Gasteiger partial charge in [-0.25, -0.2) is 0 Å². The first-order chi connectivity index (χ1) is 24.2. The quantitative estimate of drug-likeness (QED) is 0.152. The largest absolute Gasteiger partial charge is 0.388 e. The summed E-state index contributed by atoms with van der Waals surface area (Å²) in [5.41, 5.74) is 4.20. The molecule has 7 nitrogen and oxygen atoms in total. The van der Waals surface area contributed by atoms with Crippen LogP contribution in [-0.4, -0.2) is 54.9 Å². The van der Waals surface area contributed by atoms with Crippen molar-refractivity contribution in [3.63, 3.8) is 0 Å². The summed E-state index contributed by atoms with van der Waals surface area (Å²) in [5.74, 6) is 0.00847. The van der Waals surface area contributed by atoms with E-state index in [0.29, 0.717) is 39.5 Å². The smallest absolute Gasteiger partial charge is 0.184 e. The van der Waals surface area contributed by atoms with Gasteiger partial charge in [-0.15, -0.1) is 0 Å². The third-order valence-corrected chi connectivity index (χ3v) is 9.75. The molecule has 0 bridgehead atoms. The van der Waals surface area contributed by atoms with Crippen LogP contribution in [0, 0.1) is 11.8 Å². The third kappa shape index (κ3) is 8.74. The molecule has 0 radical (unpaired) electrons. The van der Waals surface area contributed by atoms with Crippen LogP contribution in [-0.2, 0) is 48.2 Å². The van der Waals surface area contributed by atoms with Gasteiger partial charge in [-0.3, -0.25) is 0 Å². The summed E-state index contributed by atoms with van der Waals surface area (Å²) in [5, 5.41) is 12.1. The summed E-state index contributed by atoms with van der Waals surface area (Å²) in [6.45, 7) is 2.30. The van der Waals surface area contributed by atoms with Crippen LogP contribution < -0.4 is 0 Å². The molecular formula is C42H46O7. The fourth-order valence-electron chi connectivity index (χ4n) is 7.14. The number of benzene rings is 4. The van der Waals surface area contributed by atoms with E-state index < -0.39 is 24.6 Å². The van der Waals surface area contributed by atoms with Crippen LogP contribution in [0.25, 0.3) is 0 Å². The Morgan fingerprint density at radius 3 is 1.92 bits per heavy atom. The van der Waals surface area contributed by atoms with Crippen molar-refractivity contribution in [3.8, 4) is 0 Å². The Balaban J connectivity index is 1.10. The van der Waals surface area contributed by atoms with Crippen LogP contribution >= 0.6 is 0 Å². The second-order valence-electron chi connectivity index (χ2n) is 13.2. The third-order valence-electron chi connectivity index (χ3n) is 9.75. The molecule has 2 aliphatic carbocycles. The summed E-state index contributed by atoms with van der Waals surface area (Å²) in [6, 6.07) is 40.3. The molecule has 256 valence electrons. The van der Waals surface area contributed by atoms with Crippen molar-refractivity contribution in [2.45, 2.75) is 75.6 Å². The Morgan fingerprint density at radius 1 is 0.673 bits per heavy atom. The Bertz CT molecular complexity index is 1570. The maximum atomic E-state index is 12.1. The monoisotopic (exact) mass is 662 g/mol.